The molecule has 0 fully saturated rings. The highest BCUT2D eigenvalue weighted by atomic mass is 32.2. The summed E-state index contributed by atoms with van der Waals surface area (Å²) in [4.78, 5) is 0. The Kier molecular flexibility index (Phi) is 8.72. The van der Waals surface area contributed by atoms with Crippen molar-refractivity contribution in [2.45, 2.75) is 51.2 Å². The second kappa shape index (κ2) is 8.45. The van der Waals surface area contributed by atoms with Crippen LogP contribution >= 0.6 is 11.8 Å². The van der Waals surface area contributed by atoms with Gasteiger partial charge in [0.05, 0.1) is 0 Å². The molecule has 1 atom stereocenters. The van der Waals surface area contributed by atoms with Crippen molar-refractivity contribution in [1.82, 2.24) is 0 Å². The van der Waals surface area contributed by atoms with Crippen LogP contribution in [0.4, 0.5) is 0 Å². The molecule has 0 aromatic carbocycles. The zero-order chi connectivity index (χ0) is 8.53. The minimum atomic E-state index is 0.823. The van der Waals surface area contributed by atoms with E-state index in [1.54, 1.807) is 0 Å². The zero-order valence-corrected chi connectivity index (χ0v) is 8.75. The highest BCUT2D eigenvalue weighted by molar-refractivity contribution is 7.99. The lowest BCUT2D eigenvalue weighted by atomic mass is 10.1. The number of thioether (sulfide) groups is 1. The second-order valence-electron chi connectivity index (χ2n) is 3.03. The van der Waals surface area contributed by atoms with E-state index in [-0.39, 0.29) is 0 Å². The maximum absolute atomic E-state index is 3.83. The summed E-state index contributed by atoms with van der Waals surface area (Å²) in [6.45, 7) is 8.40. The Balaban J connectivity index is 2.97. The van der Waals surface area contributed by atoms with Crippen LogP contribution in [0.3, 0.4) is 0 Å². The Hall–Kier alpha value is 0.350. The number of rotatable bonds is 7. The van der Waals surface area contributed by atoms with Crippen LogP contribution in [0.5, 0.6) is 0 Å². The molecule has 67 valence electrons. The van der Waals surface area contributed by atoms with E-state index in [1.807, 2.05) is 11.8 Å². The highest BCUT2D eigenvalue weighted by Gasteiger charge is 1.99. The molecule has 1 radical (unpaired) electrons. The van der Waals surface area contributed by atoms with Gasteiger partial charge in [0.1, 0.15) is 0 Å². The van der Waals surface area contributed by atoms with Gasteiger partial charge in [0, 0.05) is 5.25 Å². The van der Waals surface area contributed by atoms with Crippen LogP contribution in [-0.2, 0) is 0 Å². The standard InChI is InChI=1S/C10H21S/c1-4-6-7-8-9-10(3)11-5-2/h10H,2,4-9H2,1,3H3. The number of hydrogen-bond donors (Lipinski definition) is 0. The van der Waals surface area contributed by atoms with E-state index < -0.39 is 0 Å². The summed E-state index contributed by atoms with van der Waals surface area (Å²) in [6, 6.07) is 0. The first-order valence-electron chi connectivity index (χ1n) is 4.72. The SMILES string of the molecule is [CH2]CSC(C)CCCCCC. The summed E-state index contributed by atoms with van der Waals surface area (Å²) in [5, 5.41) is 0.823. The van der Waals surface area contributed by atoms with Crippen LogP contribution in [-0.4, -0.2) is 11.0 Å². The third kappa shape index (κ3) is 8.25. The van der Waals surface area contributed by atoms with Gasteiger partial charge in [-0.25, -0.2) is 0 Å². The molecule has 0 aromatic rings. The third-order valence-electron chi connectivity index (χ3n) is 1.87. The largest absolute Gasteiger partial charge is 0.159 e. The molecule has 1 heteroatoms. The molecule has 0 N–H and O–H groups in total. The fourth-order valence-corrected chi connectivity index (χ4v) is 1.88. The number of hydrogen-bond acceptors (Lipinski definition) is 1. The van der Waals surface area contributed by atoms with Crippen molar-refractivity contribution >= 4 is 11.8 Å². The molecule has 0 bridgehead atoms. The topological polar surface area (TPSA) is 0 Å². The first-order chi connectivity index (χ1) is 5.31. The molecule has 0 aliphatic heterocycles. The van der Waals surface area contributed by atoms with Gasteiger partial charge < -0.3 is 0 Å². The van der Waals surface area contributed by atoms with Crippen molar-refractivity contribution in [2.24, 2.45) is 0 Å². The smallest absolute Gasteiger partial charge is 0.00187 e. The Morgan fingerprint density at radius 1 is 1.27 bits per heavy atom. The Bertz CT molecular complexity index is 71.3. The van der Waals surface area contributed by atoms with Crippen molar-refractivity contribution < 1.29 is 0 Å². The summed E-state index contributed by atoms with van der Waals surface area (Å²) in [7, 11) is 0. The van der Waals surface area contributed by atoms with E-state index in [2.05, 4.69) is 20.8 Å². The van der Waals surface area contributed by atoms with Crippen molar-refractivity contribution in [3.8, 4) is 0 Å². The minimum absolute atomic E-state index is 0.823. The predicted molar refractivity (Wildman–Crippen MR) is 56.0 cm³/mol. The molecule has 0 aliphatic rings. The molecule has 0 nitrogen and oxygen atoms in total. The summed E-state index contributed by atoms with van der Waals surface area (Å²) >= 11 is 1.98. The van der Waals surface area contributed by atoms with Gasteiger partial charge in [-0.15, -0.1) is 0 Å². The van der Waals surface area contributed by atoms with Gasteiger partial charge in [0.15, 0.2) is 0 Å². The summed E-state index contributed by atoms with van der Waals surface area (Å²) in [5.74, 6) is 1.02. The molecule has 0 aromatic heterocycles. The lowest BCUT2D eigenvalue weighted by Gasteiger charge is -2.08. The summed E-state index contributed by atoms with van der Waals surface area (Å²) in [6.07, 6.45) is 6.94. The molecule has 0 spiro atoms. The number of unbranched alkanes of at least 4 members (excludes halogenated alkanes) is 3. The molecular formula is C10H21S. The first kappa shape index (κ1) is 11.4. The fraction of sp³-hybridized carbons (Fsp3) is 0.900. The summed E-state index contributed by atoms with van der Waals surface area (Å²) in [5.41, 5.74) is 0. The average Bonchev–Trinajstić information content (AvgIpc) is 1.99. The van der Waals surface area contributed by atoms with Crippen LogP contribution in [0.25, 0.3) is 0 Å². The third-order valence-corrected chi connectivity index (χ3v) is 2.91. The van der Waals surface area contributed by atoms with Crippen molar-refractivity contribution in [3.63, 3.8) is 0 Å². The monoisotopic (exact) mass is 173 g/mol. The minimum Gasteiger partial charge on any atom is -0.159 e. The lowest BCUT2D eigenvalue weighted by Crippen LogP contribution is -1.95. The average molecular weight is 173 g/mol. The van der Waals surface area contributed by atoms with Crippen LogP contribution in [0.2, 0.25) is 0 Å². The summed E-state index contributed by atoms with van der Waals surface area (Å²) < 4.78 is 0. The molecule has 0 saturated heterocycles. The van der Waals surface area contributed by atoms with Crippen LogP contribution < -0.4 is 0 Å². The van der Waals surface area contributed by atoms with Crippen LogP contribution in [0, 0.1) is 6.92 Å². The second-order valence-corrected chi connectivity index (χ2v) is 4.58. The Morgan fingerprint density at radius 3 is 2.55 bits per heavy atom. The van der Waals surface area contributed by atoms with Crippen molar-refractivity contribution in [3.05, 3.63) is 6.92 Å². The normalized spacial score (nSPS) is 13.4. The Labute approximate surface area is 76.1 Å². The quantitative estimate of drug-likeness (QED) is 0.526. The zero-order valence-electron chi connectivity index (χ0n) is 7.94. The van der Waals surface area contributed by atoms with E-state index >= 15 is 0 Å². The van der Waals surface area contributed by atoms with E-state index in [9.17, 15) is 0 Å². The lowest BCUT2D eigenvalue weighted by molar-refractivity contribution is 0.631. The van der Waals surface area contributed by atoms with Gasteiger partial charge in [0.2, 0.25) is 0 Å². The van der Waals surface area contributed by atoms with E-state index in [0.717, 1.165) is 11.0 Å². The maximum Gasteiger partial charge on any atom is 0.00187 e. The van der Waals surface area contributed by atoms with Crippen molar-refractivity contribution in [1.29, 1.82) is 0 Å². The van der Waals surface area contributed by atoms with E-state index in [4.69, 9.17) is 0 Å². The van der Waals surface area contributed by atoms with E-state index in [1.165, 1.54) is 32.1 Å². The molecule has 0 aliphatic carbocycles. The van der Waals surface area contributed by atoms with Gasteiger partial charge in [-0.3, -0.25) is 0 Å². The highest BCUT2D eigenvalue weighted by Crippen LogP contribution is 2.16. The van der Waals surface area contributed by atoms with E-state index in [0.29, 0.717) is 0 Å². The molecular weight excluding hydrogens is 152 g/mol. The molecule has 0 saturated carbocycles. The molecule has 0 amide bonds. The van der Waals surface area contributed by atoms with Gasteiger partial charge in [-0.1, -0.05) is 39.5 Å². The van der Waals surface area contributed by atoms with Gasteiger partial charge in [-0.2, -0.15) is 11.8 Å². The molecule has 0 rings (SSSR count). The Morgan fingerprint density at radius 2 is 2.00 bits per heavy atom. The van der Waals surface area contributed by atoms with Gasteiger partial charge >= 0.3 is 0 Å². The fourth-order valence-electron chi connectivity index (χ4n) is 1.14. The first-order valence-corrected chi connectivity index (χ1v) is 5.77. The molecule has 0 heterocycles. The molecule has 11 heavy (non-hydrogen) atoms. The molecule has 1 unspecified atom stereocenters. The van der Waals surface area contributed by atoms with Crippen LogP contribution in [0.15, 0.2) is 0 Å². The maximum atomic E-state index is 3.83. The predicted octanol–water partition coefficient (Wildman–Crippen LogP) is 3.91. The van der Waals surface area contributed by atoms with Crippen molar-refractivity contribution in [2.75, 3.05) is 5.75 Å². The van der Waals surface area contributed by atoms with Gasteiger partial charge in [-0.05, 0) is 19.1 Å². The van der Waals surface area contributed by atoms with Crippen LogP contribution in [0.1, 0.15) is 46.0 Å². The van der Waals surface area contributed by atoms with Gasteiger partial charge in [0.25, 0.3) is 0 Å².